The Balaban J connectivity index is 2.33. The van der Waals surface area contributed by atoms with E-state index in [9.17, 15) is 21.8 Å². The van der Waals surface area contributed by atoms with E-state index in [1.807, 2.05) is 13.1 Å². The monoisotopic (exact) mass is 658 g/mol. The average molecular weight is 659 g/mol. The SMILES string of the molecule is CC(C)(C)[S+]([O-])N[C@@](c1ccc(F)c(F)c1)(c1ccc(CO[Si](C)(C)C(C)(C)C)cn1)C(F)(F)S(=O)(=O)c1ccccc1. The van der Waals surface area contributed by atoms with Gasteiger partial charge < -0.3 is 8.98 Å². The number of aromatic nitrogens is 1. The predicted octanol–water partition coefficient (Wildman–Crippen LogP) is 7.24. The second-order valence-corrected chi connectivity index (χ2v) is 21.6. The largest absolute Gasteiger partial charge is 0.598 e. The molecule has 0 aliphatic heterocycles. The molecule has 0 saturated heterocycles. The zero-order valence-corrected chi connectivity index (χ0v) is 28.1. The molecule has 0 bridgehead atoms. The van der Waals surface area contributed by atoms with Crippen LogP contribution in [-0.4, -0.2) is 36.3 Å². The maximum atomic E-state index is 17.0. The Morgan fingerprint density at radius 1 is 0.930 bits per heavy atom. The summed E-state index contributed by atoms with van der Waals surface area (Å²) in [6, 6.07) is 10.5. The molecule has 13 heteroatoms. The minimum Gasteiger partial charge on any atom is -0.598 e. The van der Waals surface area contributed by atoms with Crippen molar-refractivity contribution in [2.24, 2.45) is 0 Å². The molecule has 236 valence electrons. The molecule has 2 atom stereocenters. The molecule has 0 spiro atoms. The van der Waals surface area contributed by atoms with Gasteiger partial charge in [0.05, 0.1) is 17.2 Å². The Morgan fingerprint density at radius 2 is 1.53 bits per heavy atom. The summed E-state index contributed by atoms with van der Waals surface area (Å²) in [4.78, 5) is 3.50. The lowest BCUT2D eigenvalue weighted by Gasteiger charge is -2.41. The van der Waals surface area contributed by atoms with E-state index in [1.54, 1.807) is 0 Å². The number of halogens is 4. The number of nitrogens with zero attached hydrogens (tertiary/aromatic N) is 1. The summed E-state index contributed by atoms with van der Waals surface area (Å²) in [5.41, 5.74) is -3.98. The van der Waals surface area contributed by atoms with Crippen molar-refractivity contribution in [2.45, 2.75) is 86.7 Å². The fourth-order valence-corrected chi connectivity index (χ4v) is 7.27. The van der Waals surface area contributed by atoms with Gasteiger partial charge in [0.1, 0.15) is 4.75 Å². The summed E-state index contributed by atoms with van der Waals surface area (Å²) >= 11 is -2.36. The van der Waals surface area contributed by atoms with Crippen molar-refractivity contribution in [3.63, 3.8) is 0 Å². The molecule has 1 unspecified atom stereocenters. The molecule has 0 radical (unpaired) electrons. The first-order valence-corrected chi connectivity index (χ1v) is 19.0. The summed E-state index contributed by atoms with van der Waals surface area (Å²) in [5, 5.41) is -4.93. The first kappa shape index (κ1) is 35.2. The van der Waals surface area contributed by atoms with Gasteiger partial charge in [-0.3, -0.25) is 4.98 Å². The van der Waals surface area contributed by atoms with Gasteiger partial charge in [0.15, 0.2) is 20.0 Å². The fourth-order valence-electron chi connectivity index (χ4n) is 3.82. The third-order valence-corrected chi connectivity index (χ3v) is 15.6. The van der Waals surface area contributed by atoms with Crippen LogP contribution in [0.3, 0.4) is 0 Å². The molecule has 1 N–H and O–H groups in total. The van der Waals surface area contributed by atoms with E-state index in [0.29, 0.717) is 17.7 Å². The van der Waals surface area contributed by atoms with Gasteiger partial charge in [0.25, 0.3) is 0 Å². The van der Waals surface area contributed by atoms with Crippen molar-refractivity contribution in [3.05, 3.63) is 95.3 Å². The molecule has 0 fully saturated rings. The van der Waals surface area contributed by atoms with Crippen LogP contribution in [0.4, 0.5) is 17.6 Å². The molecular formula is C30H38F4N2O4S2Si. The summed E-state index contributed by atoms with van der Waals surface area (Å²) in [7, 11) is -7.76. The van der Waals surface area contributed by atoms with E-state index >= 15 is 8.78 Å². The van der Waals surface area contributed by atoms with E-state index in [-0.39, 0.29) is 11.6 Å². The Hall–Kier alpha value is -2.29. The van der Waals surface area contributed by atoms with Crippen molar-refractivity contribution < 1.29 is 35.0 Å². The highest BCUT2D eigenvalue weighted by molar-refractivity contribution is 7.93. The van der Waals surface area contributed by atoms with Gasteiger partial charge in [0, 0.05) is 17.6 Å². The van der Waals surface area contributed by atoms with Gasteiger partial charge in [-0.2, -0.15) is 8.78 Å². The topological polar surface area (TPSA) is 91.3 Å². The van der Waals surface area contributed by atoms with Gasteiger partial charge in [-0.25, -0.2) is 17.2 Å². The van der Waals surface area contributed by atoms with E-state index in [2.05, 4.69) is 30.5 Å². The highest BCUT2D eigenvalue weighted by Crippen LogP contribution is 2.49. The molecule has 3 aromatic rings. The van der Waals surface area contributed by atoms with Crippen molar-refractivity contribution >= 4 is 29.5 Å². The molecule has 3 rings (SSSR count). The molecule has 43 heavy (non-hydrogen) atoms. The molecule has 0 aliphatic rings. The number of sulfone groups is 1. The second-order valence-electron chi connectivity index (χ2n) is 12.8. The van der Waals surface area contributed by atoms with Crippen LogP contribution in [0.2, 0.25) is 18.1 Å². The number of hydrogen-bond donors (Lipinski definition) is 1. The summed E-state index contributed by atoms with van der Waals surface area (Å²) in [6.45, 7) is 14.9. The van der Waals surface area contributed by atoms with Gasteiger partial charge in [0.2, 0.25) is 15.4 Å². The highest BCUT2D eigenvalue weighted by atomic mass is 32.2. The fraction of sp³-hybridized carbons (Fsp3) is 0.433. The van der Waals surface area contributed by atoms with Crippen LogP contribution in [-0.2, 0) is 37.8 Å². The van der Waals surface area contributed by atoms with Crippen LogP contribution in [0.25, 0.3) is 0 Å². The van der Waals surface area contributed by atoms with Gasteiger partial charge >= 0.3 is 5.25 Å². The van der Waals surface area contributed by atoms with Crippen molar-refractivity contribution in [1.82, 2.24) is 9.71 Å². The molecule has 0 amide bonds. The van der Waals surface area contributed by atoms with Gasteiger partial charge in [-0.15, -0.1) is 4.72 Å². The summed E-state index contributed by atoms with van der Waals surface area (Å²) in [5.74, 6) is -2.84. The second kappa shape index (κ2) is 12.2. The van der Waals surface area contributed by atoms with Crippen LogP contribution >= 0.6 is 0 Å². The first-order chi connectivity index (χ1) is 19.6. The lowest BCUT2D eigenvalue weighted by molar-refractivity contribution is 0.0121. The zero-order chi connectivity index (χ0) is 32.6. The van der Waals surface area contributed by atoms with E-state index in [0.717, 1.165) is 24.3 Å². The minimum atomic E-state index is -5.57. The molecule has 2 aromatic carbocycles. The minimum absolute atomic E-state index is 0.100. The highest BCUT2D eigenvalue weighted by Gasteiger charge is 2.68. The lowest BCUT2D eigenvalue weighted by Crippen LogP contribution is -2.64. The van der Waals surface area contributed by atoms with Crippen molar-refractivity contribution in [2.75, 3.05) is 0 Å². The quantitative estimate of drug-likeness (QED) is 0.140. The molecule has 1 aromatic heterocycles. The number of rotatable bonds is 10. The van der Waals surface area contributed by atoms with Crippen molar-refractivity contribution in [3.8, 4) is 0 Å². The van der Waals surface area contributed by atoms with Crippen molar-refractivity contribution in [1.29, 1.82) is 0 Å². The van der Waals surface area contributed by atoms with Crippen LogP contribution in [0.1, 0.15) is 58.4 Å². The molecule has 6 nitrogen and oxygen atoms in total. The standard InChI is InChI=1S/C30H38F4N2O4S2Si/c1-27(2,3)41(37)36-29(22-15-16-24(31)25(32)18-22,30(33,34)42(38,39)23-12-10-9-11-13-23)26-17-14-21(19-35-26)20-40-43(7,8)28(4,5)6/h9-19,36H,20H2,1-8H3/t29-,41?/m0/s1. The number of benzene rings is 2. The summed E-state index contributed by atoms with van der Waals surface area (Å²) < 4.78 is 111. The number of hydrogen-bond acceptors (Lipinski definition) is 6. The predicted molar refractivity (Wildman–Crippen MR) is 163 cm³/mol. The molecule has 1 heterocycles. The first-order valence-electron chi connectivity index (χ1n) is 13.5. The van der Waals surface area contributed by atoms with Crippen LogP contribution in [0.5, 0.6) is 0 Å². The number of alkyl halides is 2. The normalized spacial score (nSPS) is 15.7. The molecule has 0 aliphatic carbocycles. The zero-order valence-electron chi connectivity index (χ0n) is 25.5. The van der Waals surface area contributed by atoms with E-state index in [1.165, 1.54) is 51.2 Å². The maximum absolute atomic E-state index is 17.0. The third kappa shape index (κ3) is 6.86. The van der Waals surface area contributed by atoms with Crippen LogP contribution < -0.4 is 4.72 Å². The lowest BCUT2D eigenvalue weighted by atomic mass is 9.86. The summed E-state index contributed by atoms with van der Waals surface area (Å²) in [6.07, 6.45) is 1.25. The number of nitrogens with one attached hydrogen (secondary N) is 1. The third-order valence-electron chi connectivity index (χ3n) is 7.60. The maximum Gasteiger partial charge on any atom is 0.381 e. The molecule has 0 saturated carbocycles. The Morgan fingerprint density at radius 3 is 2.02 bits per heavy atom. The Labute approximate surface area is 255 Å². The van der Waals surface area contributed by atoms with Crippen LogP contribution in [0, 0.1) is 11.6 Å². The smallest absolute Gasteiger partial charge is 0.381 e. The molecular weight excluding hydrogens is 621 g/mol. The van der Waals surface area contributed by atoms with Gasteiger partial charge in [-0.1, -0.05) is 51.1 Å². The van der Waals surface area contributed by atoms with Crippen LogP contribution in [0.15, 0.2) is 71.8 Å². The Kier molecular flexibility index (Phi) is 10.0. The number of pyridine rings is 1. The van der Waals surface area contributed by atoms with Gasteiger partial charge in [-0.05, 0) is 80.4 Å². The van der Waals surface area contributed by atoms with E-state index in [4.69, 9.17) is 4.43 Å². The Bertz CT molecular complexity index is 1530. The average Bonchev–Trinajstić information content (AvgIpc) is 2.91. The van der Waals surface area contributed by atoms with E-state index < -0.39 is 72.8 Å².